The smallest absolute Gasteiger partial charge is 0.335 e. The maximum absolute atomic E-state index is 11.3. The zero-order valence-electron chi connectivity index (χ0n) is 8.63. The predicted octanol–water partition coefficient (Wildman–Crippen LogP) is 0.938. The van der Waals surface area contributed by atoms with Gasteiger partial charge in [-0.2, -0.15) is 0 Å². The van der Waals surface area contributed by atoms with Crippen LogP contribution in [0.15, 0.2) is 0 Å². The molecule has 13 heavy (non-hydrogen) atoms. The number of hydrogen-bond acceptors (Lipinski definition) is 3. The molecule has 1 N–H and O–H groups in total. The largest absolute Gasteiger partial charge is 0.461 e. The highest BCUT2D eigenvalue weighted by Gasteiger charge is 2.18. The van der Waals surface area contributed by atoms with Crippen LogP contribution in [0.5, 0.6) is 0 Å². The second-order valence-corrected chi connectivity index (χ2v) is 3.41. The third-order valence-electron chi connectivity index (χ3n) is 1.25. The van der Waals surface area contributed by atoms with Crippen molar-refractivity contribution in [1.82, 2.24) is 5.32 Å². The van der Waals surface area contributed by atoms with E-state index in [1.54, 1.807) is 13.8 Å². The fourth-order valence-corrected chi connectivity index (χ4v) is 0.818. The normalized spacial score (nSPS) is 12.7. The molecule has 0 bridgehead atoms. The first kappa shape index (κ1) is 12.0. The van der Waals surface area contributed by atoms with Gasteiger partial charge in [-0.25, -0.2) is 4.79 Å². The van der Waals surface area contributed by atoms with Crippen molar-refractivity contribution in [3.05, 3.63) is 0 Å². The topological polar surface area (TPSA) is 38.3 Å². The van der Waals surface area contributed by atoms with Crippen LogP contribution >= 0.6 is 0 Å². The molecule has 0 unspecified atom stereocenters. The summed E-state index contributed by atoms with van der Waals surface area (Å²) in [6, 6.07) is -0.469. The van der Waals surface area contributed by atoms with Gasteiger partial charge in [-0.3, -0.25) is 5.32 Å². The van der Waals surface area contributed by atoms with Gasteiger partial charge in [-0.15, -0.1) is 6.42 Å². The SMILES string of the molecule is C#C[C@H](NC(C)C)C(=O)OC(C)C. The van der Waals surface area contributed by atoms with Gasteiger partial charge in [0.05, 0.1) is 6.10 Å². The Bertz CT molecular complexity index is 203. The number of ether oxygens (including phenoxy) is 1. The number of nitrogens with one attached hydrogen (secondary N) is 1. The van der Waals surface area contributed by atoms with Crippen molar-refractivity contribution in [1.29, 1.82) is 0 Å². The standard InChI is InChI=1S/C10H17NO2/c1-6-9(11-7(2)3)10(12)13-8(4)5/h1,7-9,11H,2-5H3/t9-/m0/s1. The van der Waals surface area contributed by atoms with E-state index in [1.165, 1.54) is 0 Å². The molecule has 0 spiro atoms. The average Bonchev–Trinajstić information content (AvgIpc) is 1.98. The summed E-state index contributed by atoms with van der Waals surface area (Å²) in [5.74, 6) is 1.97. The number of carbonyl (C=O) groups is 1. The Balaban J connectivity index is 4.10. The zero-order valence-corrected chi connectivity index (χ0v) is 8.63. The molecule has 0 aromatic heterocycles. The fraction of sp³-hybridized carbons (Fsp3) is 0.700. The molecule has 0 heterocycles. The lowest BCUT2D eigenvalue weighted by atomic mass is 10.2. The highest BCUT2D eigenvalue weighted by atomic mass is 16.5. The third-order valence-corrected chi connectivity index (χ3v) is 1.25. The van der Waals surface area contributed by atoms with Crippen LogP contribution < -0.4 is 5.32 Å². The van der Waals surface area contributed by atoms with E-state index in [9.17, 15) is 4.79 Å². The van der Waals surface area contributed by atoms with Gasteiger partial charge in [0, 0.05) is 6.04 Å². The van der Waals surface area contributed by atoms with Crippen LogP contribution in [0.25, 0.3) is 0 Å². The molecular formula is C10H17NO2. The van der Waals surface area contributed by atoms with E-state index in [0.29, 0.717) is 0 Å². The van der Waals surface area contributed by atoms with Gasteiger partial charge in [0.1, 0.15) is 0 Å². The molecule has 0 saturated carbocycles. The molecule has 0 radical (unpaired) electrons. The number of hydrogen-bond donors (Lipinski definition) is 1. The highest BCUT2D eigenvalue weighted by molar-refractivity contribution is 5.79. The van der Waals surface area contributed by atoms with E-state index in [2.05, 4.69) is 11.2 Å². The Morgan fingerprint density at radius 1 is 1.38 bits per heavy atom. The quantitative estimate of drug-likeness (QED) is 0.520. The summed E-state index contributed by atoms with van der Waals surface area (Å²) in [4.78, 5) is 11.3. The van der Waals surface area contributed by atoms with Crippen LogP contribution in [-0.4, -0.2) is 24.2 Å². The summed E-state index contributed by atoms with van der Waals surface area (Å²) in [6.07, 6.45) is 5.06. The van der Waals surface area contributed by atoms with E-state index in [4.69, 9.17) is 11.2 Å². The number of rotatable bonds is 4. The summed E-state index contributed by atoms with van der Waals surface area (Å²) in [5, 5.41) is 2.92. The lowest BCUT2D eigenvalue weighted by molar-refractivity contribution is -0.148. The van der Waals surface area contributed by atoms with E-state index >= 15 is 0 Å². The predicted molar refractivity (Wildman–Crippen MR) is 52.1 cm³/mol. The minimum absolute atomic E-state index is 0.127. The highest BCUT2D eigenvalue weighted by Crippen LogP contribution is 1.95. The molecule has 0 fully saturated rings. The Kier molecular flexibility index (Phi) is 5.17. The summed E-state index contributed by atoms with van der Waals surface area (Å²) >= 11 is 0. The van der Waals surface area contributed by atoms with Crippen molar-refractivity contribution >= 4 is 5.97 Å². The van der Waals surface area contributed by atoms with Crippen LogP contribution in [0, 0.1) is 12.3 Å². The molecule has 0 rings (SSSR count). The fourth-order valence-electron chi connectivity index (χ4n) is 0.818. The first-order valence-electron chi connectivity index (χ1n) is 4.40. The van der Waals surface area contributed by atoms with Crippen molar-refractivity contribution in [2.24, 2.45) is 0 Å². The Morgan fingerprint density at radius 3 is 2.23 bits per heavy atom. The van der Waals surface area contributed by atoms with Crippen molar-refractivity contribution in [2.45, 2.75) is 45.9 Å². The lowest BCUT2D eigenvalue weighted by Gasteiger charge is -2.16. The molecule has 0 aliphatic heterocycles. The van der Waals surface area contributed by atoms with Crippen LogP contribution in [0.4, 0.5) is 0 Å². The van der Waals surface area contributed by atoms with Crippen molar-refractivity contribution in [2.75, 3.05) is 0 Å². The molecule has 74 valence electrons. The Hall–Kier alpha value is -1.01. The monoisotopic (exact) mass is 183 g/mol. The van der Waals surface area contributed by atoms with E-state index in [-0.39, 0.29) is 18.1 Å². The van der Waals surface area contributed by atoms with Gasteiger partial charge < -0.3 is 4.74 Å². The minimum Gasteiger partial charge on any atom is -0.461 e. The second kappa shape index (κ2) is 5.60. The van der Waals surface area contributed by atoms with Gasteiger partial charge in [0.15, 0.2) is 6.04 Å². The molecular weight excluding hydrogens is 166 g/mol. The summed E-state index contributed by atoms with van der Waals surface area (Å²) in [6.45, 7) is 7.43. The third kappa shape index (κ3) is 5.26. The van der Waals surface area contributed by atoms with Gasteiger partial charge in [0.25, 0.3) is 0 Å². The van der Waals surface area contributed by atoms with E-state index in [0.717, 1.165) is 0 Å². The van der Waals surface area contributed by atoms with Crippen molar-refractivity contribution < 1.29 is 9.53 Å². The van der Waals surface area contributed by atoms with Gasteiger partial charge in [0.2, 0.25) is 0 Å². The van der Waals surface area contributed by atoms with E-state index < -0.39 is 6.04 Å². The summed E-state index contributed by atoms with van der Waals surface area (Å²) in [5.41, 5.74) is 0. The maximum atomic E-state index is 11.3. The van der Waals surface area contributed by atoms with Crippen LogP contribution in [0.3, 0.4) is 0 Å². The lowest BCUT2D eigenvalue weighted by Crippen LogP contribution is -2.41. The van der Waals surface area contributed by atoms with Crippen LogP contribution in [-0.2, 0) is 9.53 Å². The van der Waals surface area contributed by atoms with Crippen LogP contribution in [0.1, 0.15) is 27.7 Å². The average molecular weight is 183 g/mol. The van der Waals surface area contributed by atoms with E-state index in [1.807, 2.05) is 13.8 Å². The molecule has 0 aromatic carbocycles. The molecule has 1 atom stereocenters. The molecule has 3 heteroatoms. The maximum Gasteiger partial charge on any atom is 0.335 e. The molecule has 0 aliphatic carbocycles. The Labute approximate surface area is 79.8 Å². The molecule has 0 saturated heterocycles. The number of esters is 1. The summed E-state index contributed by atoms with van der Waals surface area (Å²) < 4.78 is 4.96. The molecule has 0 aliphatic rings. The summed E-state index contributed by atoms with van der Waals surface area (Å²) in [7, 11) is 0. The van der Waals surface area contributed by atoms with Gasteiger partial charge in [-0.1, -0.05) is 5.92 Å². The van der Waals surface area contributed by atoms with Gasteiger partial charge in [-0.05, 0) is 27.7 Å². The first-order chi connectivity index (χ1) is 5.97. The first-order valence-corrected chi connectivity index (χ1v) is 4.40. The molecule has 0 aromatic rings. The van der Waals surface area contributed by atoms with Crippen LogP contribution in [0.2, 0.25) is 0 Å². The number of carbonyl (C=O) groups excluding carboxylic acids is 1. The van der Waals surface area contributed by atoms with Crippen molar-refractivity contribution in [3.63, 3.8) is 0 Å². The zero-order chi connectivity index (χ0) is 10.4. The Morgan fingerprint density at radius 2 is 1.92 bits per heavy atom. The van der Waals surface area contributed by atoms with Crippen molar-refractivity contribution in [3.8, 4) is 12.3 Å². The van der Waals surface area contributed by atoms with Gasteiger partial charge >= 0.3 is 5.97 Å². The second-order valence-electron chi connectivity index (χ2n) is 3.41. The molecule has 3 nitrogen and oxygen atoms in total. The number of terminal acetylenes is 1. The molecule has 0 amide bonds. The minimum atomic E-state index is -0.637.